The van der Waals surface area contributed by atoms with Crippen LogP contribution >= 0.6 is 35.7 Å². The monoisotopic (exact) mass is 465 g/mol. The number of rotatable bonds is 12. The minimum absolute atomic E-state index is 0. The summed E-state index contributed by atoms with van der Waals surface area (Å²) in [6.45, 7) is 5.57. The van der Waals surface area contributed by atoms with Crippen LogP contribution in [-0.4, -0.2) is 44.2 Å². The predicted octanol–water partition coefficient (Wildman–Crippen LogP) is 4.16. The summed E-state index contributed by atoms with van der Waals surface area (Å²) in [6.07, 6.45) is 6.65. The van der Waals surface area contributed by atoms with Gasteiger partial charge in [0.2, 0.25) is 0 Å². The van der Waals surface area contributed by atoms with Gasteiger partial charge in [0, 0.05) is 19.6 Å². The standard InChI is InChI=1S/C18H31N3OS.HI/c1-3-19-18(21-14-8-10-16-23-2)20-13-7-9-15-22-17-11-5-4-6-12-17;/h4-6,11-12H,3,7-10,13-16H2,1-2H3,(H2,19,20,21);1H. The Morgan fingerprint density at radius 3 is 2.58 bits per heavy atom. The van der Waals surface area contributed by atoms with Gasteiger partial charge in [0.05, 0.1) is 6.61 Å². The zero-order chi connectivity index (χ0) is 16.6. The van der Waals surface area contributed by atoms with Gasteiger partial charge in [-0.1, -0.05) is 18.2 Å². The number of aliphatic imine (C=N–C) groups is 1. The fourth-order valence-corrected chi connectivity index (χ4v) is 2.52. The molecule has 0 aliphatic rings. The first kappa shape index (κ1) is 23.4. The first-order chi connectivity index (χ1) is 11.4. The Morgan fingerprint density at radius 1 is 1.08 bits per heavy atom. The smallest absolute Gasteiger partial charge is 0.191 e. The van der Waals surface area contributed by atoms with Gasteiger partial charge in [-0.05, 0) is 56.7 Å². The van der Waals surface area contributed by atoms with Gasteiger partial charge in [-0.3, -0.25) is 4.99 Å². The lowest BCUT2D eigenvalue weighted by Gasteiger charge is -2.11. The van der Waals surface area contributed by atoms with Gasteiger partial charge in [-0.2, -0.15) is 11.8 Å². The van der Waals surface area contributed by atoms with Gasteiger partial charge in [-0.25, -0.2) is 0 Å². The van der Waals surface area contributed by atoms with E-state index in [2.05, 4.69) is 28.8 Å². The number of benzene rings is 1. The third-order valence-electron chi connectivity index (χ3n) is 3.25. The van der Waals surface area contributed by atoms with Gasteiger partial charge in [0.1, 0.15) is 5.75 Å². The molecule has 0 amide bonds. The van der Waals surface area contributed by atoms with Crippen LogP contribution in [0.2, 0.25) is 0 Å². The second-order valence-electron chi connectivity index (χ2n) is 5.26. The Labute approximate surface area is 168 Å². The van der Waals surface area contributed by atoms with Crippen LogP contribution in [0.1, 0.15) is 32.6 Å². The van der Waals surface area contributed by atoms with Gasteiger partial charge < -0.3 is 15.4 Å². The van der Waals surface area contributed by atoms with Crippen molar-refractivity contribution in [3.63, 3.8) is 0 Å². The van der Waals surface area contributed by atoms with Crippen molar-refractivity contribution in [2.24, 2.45) is 4.99 Å². The highest BCUT2D eigenvalue weighted by atomic mass is 127. The van der Waals surface area contributed by atoms with E-state index in [1.807, 2.05) is 42.1 Å². The first-order valence-electron chi connectivity index (χ1n) is 8.55. The maximum atomic E-state index is 5.69. The maximum Gasteiger partial charge on any atom is 0.191 e. The number of para-hydroxylation sites is 1. The van der Waals surface area contributed by atoms with E-state index < -0.39 is 0 Å². The van der Waals surface area contributed by atoms with Crippen LogP contribution in [0.4, 0.5) is 0 Å². The minimum atomic E-state index is 0. The van der Waals surface area contributed by atoms with Crippen molar-refractivity contribution in [2.75, 3.05) is 38.2 Å². The van der Waals surface area contributed by atoms with Gasteiger partial charge in [0.15, 0.2) is 5.96 Å². The largest absolute Gasteiger partial charge is 0.494 e. The van der Waals surface area contributed by atoms with E-state index in [1.165, 1.54) is 12.2 Å². The second kappa shape index (κ2) is 17.2. The summed E-state index contributed by atoms with van der Waals surface area (Å²) in [5.74, 6) is 3.10. The topological polar surface area (TPSA) is 45.7 Å². The number of thioether (sulfide) groups is 1. The van der Waals surface area contributed by atoms with Crippen LogP contribution < -0.4 is 15.4 Å². The number of ether oxygens (including phenoxy) is 1. The molecule has 1 aromatic carbocycles. The number of guanidine groups is 1. The van der Waals surface area contributed by atoms with E-state index in [-0.39, 0.29) is 24.0 Å². The molecule has 0 aliphatic carbocycles. The molecule has 0 heterocycles. The number of nitrogens with one attached hydrogen (secondary N) is 2. The van der Waals surface area contributed by atoms with Crippen molar-refractivity contribution in [1.29, 1.82) is 0 Å². The highest BCUT2D eigenvalue weighted by molar-refractivity contribution is 14.0. The van der Waals surface area contributed by atoms with Crippen LogP contribution in [-0.2, 0) is 0 Å². The van der Waals surface area contributed by atoms with Crippen molar-refractivity contribution in [3.8, 4) is 5.75 Å². The molecule has 2 N–H and O–H groups in total. The van der Waals surface area contributed by atoms with E-state index in [0.717, 1.165) is 57.2 Å². The zero-order valence-electron chi connectivity index (χ0n) is 14.9. The number of nitrogens with zero attached hydrogens (tertiary/aromatic N) is 1. The van der Waals surface area contributed by atoms with Crippen molar-refractivity contribution >= 4 is 41.7 Å². The van der Waals surface area contributed by atoms with E-state index in [4.69, 9.17) is 4.74 Å². The molecule has 1 aromatic rings. The van der Waals surface area contributed by atoms with Crippen LogP contribution in [0.3, 0.4) is 0 Å². The van der Waals surface area contributed by atoms with Crippen LogP contribution in [0, 0.1) is 0 Å². The third kappa shape index (κ3) is 12.8. The van der Waals surface area contributed by atoms with E-state index in [9.17, 15) is 0 Å². The molecule has 4 nitrogen and oxygen atoms in total. The minimum Gasteiger partial charge on any atom is -0.494 e. The Kier molecular flexibility index (Phi) is 16.7. The molecule has 0 spiro atoms. The van der Waals surface area contributed by atoms with Gasteiger partial charge in [-0.15, -0.1) is 24.0 Å². The molecular formula is C18H32IN3OS. The second-order valence-corrected chi connectivity index (χ2v) is 6.24. The Bertz CT molecular complexity index is 418. The molecule has 0 atom stereocenters. The van der Waals surface area contributed by atoms with Gasteiger partial charge >= 0.3 is 0 Å². The first-order valence-corrected chi connectivity index (χ1v) is 9.95. The molecule has 0 aliphatic heterocycles. The van der Waals surface area contributed by atoms with E-state index in [1.54, 1.807) is 0 Å². The molecule has 0 fully saturated rings. The average Bonchev–Trinajstić information content (AvgIpc) is 2.58. The van der Waals surface area contributed by atoms with Crippen molar-refractivity contribution in [3.05, 3.63) is 30.3 Å². The zero-order valence-corrected chi connectivity index (χ0v) is 18.1. The summed E-state index contributed by atoms with van der Waals surface area (Å²) in [7, 11) is 0. The molecule has 0 unspecified atom stereocenters. The highest BCUT2D eigenvalue weighted by Crippen LogP contribution is 2.08. The molecular weight excluding hydrogens is 433 g/mol. The molecule has 0 aromatic heterocycles. The van der Waals surface area contributed by atoms with E-state index in [0.29, 0.717) is 0 Å². The maximum absolute atomic E-state index is 5.69. The van der Waals surface area contributed by atoms with Crippen molar-refractivity contribution in [2.45, 2.75) is 32.6 Å². The van der Waals surface area contributed by atoms with Crippen molar-refractivity contribution < 1.29 is 4.74 Å². The van der Waals surface area contributed by atoms with Crippen LogP contribution in [0.25, 0.3) is 0 Å². The quantitative estimate of drug-likeness (QED) is 0.211. The Balaban J connectivity index is 0.00000529. The normalized spacial score (nSPS) is 10.8. The molecule has 24 heavy (non-hydrogen) atoms. The Morgan fingerprint density at radius 2 is 1.88 bits per heavy atom. The molecule has 6 heteroatoms. The third-order valence-corrected chi connectivity index (χ3v) is 3.94. The van der Waals surface area contributed by atoms with Crippen molar-refractivity contribution in [1.82, 2.24) is 10.6 Å². The summed E-state index contributed by atoms with van der Waals surface area (Å²) in [5, 5.41) is 6.68. The number of unbranched alkanes of at least 4 members (excludes halogenated alkanes) is 2. The summed E-state index contributed by atoms with van der Waals surface area (Å²) >= 11 is 1.90. The lowest BCUT2D eigenvalue weighted by molar-refractivity contribution is 0.307. The summed E-state index contributed by atoms with van der Waals surface area (Å²) < 4.78 is 5.69. The number of halogens is 1. The SMILES string of the molecule is CCNC(=NCCCCSC)NCCCCOc1ccccc1.I. The Hall–Kier alpha value is -0.630. The molecule has 1 rings (SSSR count). The van der Waals surface area contributed by atoms with Gasteiger partial charge in [0.25, 0.3) is 0 Å². The highest BCUT2D eigenvalue weighted by Gasteiger charge is 1.97. The summed E-state index contributed by atoms with van der Waals surface area (Å²) in [4.78, 5) is 4.60. The lowest BCUT2D eigenvalue weighted by Crippen LogP contribution is -2.38. The van der Waals surface area contributed by atoms with E-state index >= 15 is 0 Å². The average molecular weight is 465 g/mol. The van der Waals surface area contributed by atoms with Crippen LogP contribution in [0.5, 0.6) is 5.75 Å². The molecule has 0 bridgehead atoms. The molecule has 0 radical (unpaired) electrons. The molecule has 138 valence electrons. The fourth-order valence-electron chi connectivity index (χ4n) is 2.03. The lowest BCUT2D eigenvalue weighted by atomic mass is 10.3. The van der Waals surface area contributed by atoms with Crippen LogP contribution in [0.15, 0.2) is 35.3 Å². The predicted molar refractivity (Wildman–Crippen MR) is 118 cm³/mol. The number of hydrogen-bond acceptors (Lipinski definition) is 3. The number of hydrogen-bond donors (Lipinski definition) is 2. The molecule has 0 saturated heterocycles. The molecule has 0 saturated carbocycles. The fraction of sp³-hybridized carbons (Fsp3) is 0.611. The summed E-state index contributed by atoms with van der Waals surface area (Å²) in [6, 6.07) is 9.97. The summed E-state index contributed by atoms with van der Waals surface area (Å²) in [5.41, 5.74) is 0.